The Morgan fingerprint density at radius 1 is 1.03 bits per heavy atom. The molecular formula is C27H25ClN2O3. The highest BCUT2D eigenvalue weighted by Crippen LogP contribution is 2.30. The standard InChI is InChI=1S/C27H25ClN2O3/c1-4-32-26-14-20(13-22(16-29)21-9-5-18(2)6-10-21)8-12-25(26)33-17-27(31)30-23-11-7-19(3)24(28)15-23/h5-15H,4,17H2,1-3H3,(H,30,31)/b22-13+. The number of hydrogen-bond donors (Lipinski definition) is 1. The van der Waals surface area contributed by atoms with Crippen LogP contribution in [0.1, 0.15) is 29.2 Å². The molecule has 0 unspecified atom stereocenters. The van der Waals surface area contributed by atoms with E-state index in [9.17, 15) is 10.1 Å². The number of rotatable bonds is 8. The fraction of sp³-hybridized carbons (Fsp3) is 0.185. The first-order valence-electron chi connectivity index (χ1n) is 10.5. The summed E-state index contributed by atoms with van der Waals surface area (Å²) >= 11 is 6.11. The summed E-state index contributed by atoms with van der Waals surface area (Å²) in [7, 11) is 0. The number of halogens is 1. The lowest BCUT2D eigenvalue weighted by molar-refractivity contribution is -0.118. The van der Waals surface area contributed by atoms with E-state index in [4.69, 9.17) is 21.1 Å². The maximum atomic E-state index is 12.3. The number of allylic oxidation sites excluding steroid dienone is 1. The Hall–Kier alpha value is -3.75. The predicted octanol–water partition coefficient (Wildman–Crippen LogP) is 6.44. The third kappa shape index (κ3) is 6.61. The molecule has 1 N–H and O–H groups in total. The number of nitriles is 1. The quantitative estimate of drug-likeness (QED) is 0.310. The number of aryl methyl sites for hydroxylation is 2. The van der Waals surface area contributed by atoms with Gasteiger partial charge < -0.3 is 14.8 Å². The van der Waals surface area contributed by atoms with Gasteiger partial charge >= 0.3 is 0 Å². The van der Waals surface area contributed by atoms with E-state index in [-0.39, 0.29) is 12.5 Å². The largest absolute Gasteiger partial charge is 0.490 e. The average molecular weight is 461 g/mol. The number of ether oxygens (including phenoxy) is 2. The predicted molar refractivity (Wildman–Crippen MR) is 133 cm³/mol. The van der Waals surface area contributed by atoms with Crippen molar-refractivity contribution in [3.05, 3.63) is 87.9 Å². The molecule has 5 nitrogen and oxygen atoms in total. The van der Waals surface area contributed by atoms with Crippen molar-refractivity contribution in [3.8, 4) is 17.6 Å². The van der Waals surface area contributed by atoms with Gasteiger partial charge in [0.05, 0.1) is 18.2 Å². The molecule has 0 aliphatic carbocycles. The van der Waals surface area contributed by atoms with Gasteiger partial charge in [-0.2, -0.15) is 5.26 Å². The third-order valence-corrected chi connectivity index (χ3v) is 5.28. The van der Waals surface area contributed by atoms with Crippen LogP contribution in [0.2, 0.25) is 5.02 Å². The lowest BCUT2D eigenvalue weighted by atomic mass is 10.0. The van der Waals surface area contributed by atoms with Crippen molar-refractivity contribution < 1.29 is 14.3 Å². The Bertz CT molecular complexity index is 1210. The van der Waals surface area contributed by atoms with Crippen LogP contribution in [0.5, 0.6) is 11.5 Å². The first-order valence-corrected chi connectivity index (χ1v) is 10.9. The zero-order valence-electron chi connectivity index (χ0n) is 18.8. The minimum absolute atomic E-state index is 0.187. The molecule has 0 atom stereocenters. The molecule has 3 aromatic rings. The van der Waals surface area contributed by atoms with Crippen LogP contribution < -0.4 is 14.8 Å². The van der Waals surface area contributed by atoms with Crippen LogP contribution in [-0.2, 0) is 4.79 Å². The molecule has 0 saturated heterocycles. The average Bonchev–Trinajstić information content (AvgIpc) is 2.80. The fourth-order valence-electron chi connectivity index (χ4n) is 3.09. The summed E-state index contributed by atoms with van der Waals surface area (Å²) in [6, 6.07) is 20.7. The minimum atomic E-state index is -0.313. The monoisotopic (exact) mass is 460 g/mol. The lowest BCUT2D eigenvalue weighted by Gasteiger charge is -2.13. The van der Waals surface area contributed by atoms with E-state index in [0.29, 0.717) is 34.4 Å². The second-order valence-corrected chi connectivity index (χ2v) is 7.88. The highest BCUT2D eigenvalue weighted by molar-refractivity contribution is 6.31. The maximum absolute atomic E-state index is 12.3. The number of nitrogens with one attached hydrogen (secondary N) is 1. The van der Waals surface area contributed by atoms with Crippen molar-refractivity contribution in [1.82, 2.24) is 0 Å². The van der Waals surface area contributed by atoms with Gasteiger partial charge in [-0.15, -0.1) is 0 Å². The number of carbonyl (C=O) groups excluding carboxylic acids is 1. The molecule has 1 amide bonds. The second-order valence-electron chi connectivity index (χ2n) is 7.48. The molecule has 3 aromatic carbocycles. The van der Waals surface area contributed by atoms with Crippen molar-refractivity contribution >= 4 is 34.8 Å². The Morgan fingerprint density at radius 2 is 1.79 bits per heavy atom. The summed E-state index contributed by atoms with van der Waals surface area (Å²) in [5.74, 6) is 0.631. The minimum Gasteiger partial charge on any atom is -0.490 e. The summed E-state index contributed by atoms with van der Waals surface area (Å²) < 4.78 is 11.4. The van der Waals surface area contributed by atoms with E-state index < -0.39 is 0 Å². The molecular weight excluding hydrogens is 436 g/mol. The van der Waals surface area contributed by atoms with E-state index in [2.05, 4.69) is 11.4 Å². The third-order valence-electron chi connectivity index (χ3n) is 4.88. The van der Waals surface area contributed by atoms with Crippen molar-refractivity contribution in [2.75, 3.05) is 18.5 Å². The van der Waals surface area contributed by atoms with Crippen LogP contribution >= 0.6 is 11.6 Å². The zero-order valence-corrected chi connectivity index (χ0v) is 19.6. The van der Waals surface area contributed by atoms with Crippen LogP contribution in [0.15, 0.2) is 60.7 Å². The number of anilines is 1. The van der Waals surface area contributed by atoms with Crippen molar-refractivity contribution in [1.29, 1.82) is 5.26 Å². The van der Waals surface area contributed by atoms with Crippen molar-refractivity contribution in [3.63, 3.8) is 0 Å². The molecule has 0 fully saturated rings. The van der Waals surface area contributed by atoms with Crippen molar-refractivity contribution in [2.45, 2.75) is 20.8 Å². The van der Waals surface area contributed by atoms with Crippen LogP contribution in [0.3, 0.4) is 0 Å². The number of nitrogens with zero attached hydrogens (tertiary/aromatic N) is 1. The van der Waals surface area contributed by atoms with Crippen molar-refractivity contribution in [2.24, 2.45) is 0 Å². The topological polar surface area (TPSA) is 71.3 Å². The number of hydrogen-bond acceptors (Lipinski definition) is 4. The van der Waals surface area contributed by atoms with Crippen LogP contribution in [-0.4, -0.2) is 19.1 Å². The Morgan fingerprint density at radius 3 is 2.45 bits per heavy atom. The molecule has 0 bridgehead atoms. The van der Waals surface area contributed by atoms with Gasteiger partial charge in [0, 0.05) is 10.7 Å². The molecule has 168 valence electrons. The van der Waals surface area contributed by atoms with Gasteiger partial charge in [-0.25, -0.2) is 0 Å². The first-order chi connectivity index (χ1) is 15.9. The molecule has 0 spiro atoms. The van der Waals surface area contributed by atoms with Gasteiger partial charge in [-0.05, 0) is 67.8 Å². The van der Waals surface area contributed by atoms with Crippen LogP contribution in [0.25, 0.3) is 11.6 Å². The highest BCUT2D eigenvalue weighted by atomic mass is 35.5. The van der Waals surface area contributed by atoms with Gasteiger partial charge in [-0.1, -0.05) is 53.6 Å². The number of amides is 1. The second kappa shape index (κ2) is 11.2. The van der Waals surface area contributed by atoms with Gasteiger partial charge in [-0.3, -0.25) is 4.79 Å². The maximum Gasteiger partial charge on any atom is 0.262 e. The lowest BCUT2D eigenvalue weighted by Crippen LogP contribution is -2.20. The molecule has 0 radical (unpaired) electrons. The molecule has 0 heterocycles. The van der Waals surface area contributed by atoms with E-state index in [1.165, 1.54) is 0 Å². The SMILES string of the molecule is CCOc1cc(/C=C(\C#N)c2ccc(C)cc2)ccc1OCC(=O)Nc1ccc(C)c(Cl)c1. The summed E-state index contributed by atoms with van der Waals surface area (Å²) in [4.78, 5) is 12.3. The summed E-state index contributed by atoms with van der Waals surface area (Å²) in [5, 5.41) is 13.0. The molecule has 33 heavy (non-hydrogen) atoms. The van der Waals surface area contributed by atoms with Gasteiger partial charge in [0.2, 0.25) is 0 Å². The van der Waals surface area contributed by atoms with Gasteiger partial charge in [0.15, 0.2) is 18.1 Å². The molecule has 3 rings (SSSR count). The number of benzene rings is 3. The highest BCUT2D eigenvalue weighted by Gasteiger charge is 2.11. The normalized spacial score (nSPS) is 10.9. The van der Waals surface area contributed by atoms with E-state index in [1.54, 1.807) is 30.3 Å². The zero-order chi connectivity index (χ0) is 23.8. The molecule has 0 saturated carbocycles. The summed E-state index contributed by atoms with van der Waals surface area (Å²) in [6.07, 6.45) is 1.80. The smallest absolute Gasteiger partial charge is 0.262 e. The summed E-state index contributed by atoms with van der Waals surface area (Å²) in [5.41, 5.74) is 4.84. The van der Waals surface area contributed by atoms with Gasteiger partial charge in [0.25, 0.3) is 5.91 Å². The van der Waals surface area contributed by atoms with Gasteiger partial charge in [0.1, 0.15) is 0 Å². The molecule has 0 aliphatic heterocycles. The Balaban J connectivity index is 1.73. The first kappa shape index (κ1) is 23.9. The van der Waals surface area contributed by atoms with E-state index in [1.807, 2.05) is 57.2 Å². The van der Waals surface area contributed by atoms with E-state index in [0.717, 1.165) is 22.3 Å². The molecule has 0 aromatic heterocycles. The summed E-state index contributed by atoms with van der Waals surface area (Å²) in [6.45, 7) is 6.01. The molecule has 0 aliphatic rings. The Kier molecular flexibility index (Phi) is 8.12. The fourth-order valence-corrected chi connectivity index (χ4v) is 3.27. The van der Waals surface area contributed by atoms with Crippen LogP contribution in [0.4, 0.5) is 5.69 Å². The number of carbonyl (C=O) groups is 1. The molecule has 6 heteroatoms. The van der Waals surface area contributed by atoms with Crippen LogP contribution in [0, 0.1) is 25.2 Å². The Labute approximate surface area is 199 Å². The van der Waals surface area contributed by atoms with E-state index >= 15 is 0 Å².